The van der Waals surface area contributed by atoms with E-state index >= 15 is 0 Å². The lowest BCUT2D eigenvalue weighted by molar-refractivity contribution is -0.130. The Balaban J connectivity index is 1.41. The largest absolute Gasteiger partial charge is 0.444 e. The van der Waals surface area contributed by atoms with E-state index < -0.39 is 0 Å². The summed E-state index contributed by atoms with van der Waals surface area (Å²) in [6.45, 7) is 1.67. The van der Waals surface area contributed by atoms with Crippen molar-refractivity contribution in [2.75, 3.05) is 13.1 Å². The van der Waals surface area contributed by atoms with E-state index in [9.17, 15) is 4.79 Å². The summed E-state index contributed by atoms with van der Waals surface area (Å²) >= 11 is 1.59. The first-order chi connectivity index (χ1) is 10.8. The predicted molar refractivity (Wildman–Crippen MR) is 84.7 cm³/mol. The third-order valence-corrected chi connectivity index (χ3v) is 5.35. The van der Waals surface area contributed by atoms with Crippen LogP contribution < -0.4 is 5.32 Å². The minimum atomic E-state index is 0.153. The summed E-state index contributed by atoms with van der Waals surface area (Å²) in [6, 6.07) is 5.00. The monoisotopic (exact) mass is 317 g/mol. The topological polar surface area (TPSA) is 58.4 Å². The van der Waals surface area contributed by atoms with E-state index in [1.54, 1.807) is 17.6 Å². The number of hydrogen-bond donors (Lipinski definition) is 1. The van der Waals surface area contributed by atoms with Crippen molar-refractivity contribution >= 4 is 17.2 Å². The maximum absolute atomic E-state index is 12.5. The van der Waals surface area contributed by atoms with E-state index in [1.165, 1.54) is 12.8 Å². The van der Waals surface area contributed by atoms with E-state index in [0.717, 1.165) is 30.1 Å². The summed E-state index contributed by atoms with van der Waals surface area (Å²) in [5.74, 6) is 0.759. The van der Waals surface area contributed by atoms with Gasteiger partial charge in [0.1, 0.15) is 6.26 Å². The minimum Gasteiger partial charge on any atom is -0.444 e. The number of fused-ring (bicyclic) bond motifs is 2. The Morgan fingerprint density at radius 3 is 3.18 bits per heavy atom. The number of amides is 1. The molecule has 2 atom stereocenters. The second kappa shape index (κ2) is 5.85. The minimum absolute atomic E-state index is 0.153. The fourth-order valence-corrected chi connectivity index (χ4v) is 3.99. The molecule has 6 heteroatoms. The number of carbonyl (C=O) groups is 1. The van der Waals surface area contributed by atoms with Crippen LogP contribution in [0.15, 0.2) is 28.2 Å². The zero-order valence-corrected chi connectivity index (χ0v) is 13.1. The number of carbonyl (C=O) groups excluding carboxylic acids is 1. The van der Waals surface area contributed by atoms with Crippen LogP contribution in [-0.2, 0) is 11.2 Å². The lowest BCUT2D eigenvalue weighted by Gasteiger charge is -2.23. The molecular weight excluding hydrogens is 298 g/mol. The Hall–Kier alpha value is -1.66. The number of rotatable bonds is 3. The number of nitrogens with zero attached hydrogens (tertiary/aromatic N) is 2. The molecule has 1 amide bonds. The molecule has 116 valence electrons. The molecule has 1 N–H and O–H groups in total. The van der Waals surface area contributed by atoms with Gasteiger partial charge in [-0.3, -0.25) is 4.79 Å². The van der Waals surface area contributed by atoms with Gasteiger partial charge in [0.05, 0.1) is 17.0 Å². The summed E-state index contributed by atoms with van der Waals surface area (Å²) < 4.78 is 5.49. The normalized spacial score (nSPS) is 24.5. The lowest BCUT2D eigenvalue weighted by Crippen LogP contribution is -2.39. The third kappa shape index (κ3) is 2.80. The van der Waals surface area contributed by atoms with Crippen molar-refractivity contribution in [2.24, 2.45) is 0 Å². The van der Waals surface area contributed by atoms with Crippen molar-refractivity contribution < 1.29 is 9.21 Å². The average molecular weight is 317 g/mol. The first-order valence-electron chi connectivity index (χ1n) is 7.80. The van der Waals surface area contributed by atoms with Gasteiger partial charge in [-0.05, 0) is 30.7 Å². The molecule has 5 nitrogen and oxygen atoms in total. The molecule has 0 radical (unpaired) electrons. The molecule has 2 aliphatic rings. The van der Waals surface area contributed by atoms with Gasteiger partial charge in [0.25, 0.3) is 0 Å². The Bertz CT molecular complexity index is 652. The van der Waals surface area contributed by atoms with Gasteiger partial charge in [-0.2, -0.15) is 0 Å². The second-order valence-corrected chi connectivity index (χ2v) is 7.01. The van der Waals surface area contributed by atoms with Crippen molar-refractivity contribution in [3.8, 4) is 10.8 Å². The summed E-state index contributed by atoms with van der Waals surface area (Å²) in [4.78, 5) is 19.9. The molecule has 4 rings (SSSR count). The van der Waals surface area contributed by atoms with E-state index in [-0.39, 0.29) is 5.91 Å². The maximum atomic E-state index is 12.5. The van der Waals surface area contributed by atoms with E-state index in [4.69, 9.17) is 4.42 Å². The van der Waals surface area contributed by atoms with E-state index in [0.29, 0.717) is 24.4 Å². The first kappa shape index (κ1) is 14.0. The SMILES string of the molecule is O=C(Cc1coc(-c2cccs2)n1)N1CCC2CCC(C1)N2. The summed E-state index contributed by atoms with van der Waals surface area (Å²) in [5, 5.41) is 5.59. The molecule has 22 heavy (non-hydrogen) atoms. The van der Waals surface area contributed by atoms with Gasteiger partial charge in [-0.1, -0.05) is 6.07 Å². The molecule has 2 saturated heterocycles. The molecule has 0 saturated carbocycles. The Labute approximate surface area is 133 Å². The standard InChI is InChI=1S/C16H19N3O2S/c20-15(19-6-5-11-3-4-12(9-19)17-11)8-13-10-21-16(18-13)14-2-1-7-22-14/h1-2,7,10-12,17H,3-6,8-9H2. The molecule has 2 unspecified atom stereocenters. The molecule has 2 aromatic heterocycles. The van der Waals surface area contributed by atoms with Crippen LogP contribution in [0.25, 0.3) is 10.8 Å². The van der Waals surface area contributed by atoms with Crippen LogP contribution in [0.3, 0.4) is 0 Å². The highest BCUT2D eigenvalue weighted by Gasteiger charge is 2.31. The highest BCUT2D eigenvalue weighted by atomic mass is 32.1. The quantitative estimate of drug-likeness (QED) is 0.944. The number of thiophene rings is 1. The van der Waals surface area contributed by atoms with Crippen LogP contribution in [0.1, 0.15) is 25.0 Å². The Kier molecular flexibility index (Phi) is 3.72. The van der Waals surface area contributed by atoms with Crippen molar-refractivity contribution in [3.05, 3.63) is 29.5 Å². The molecule has 0 aliphatic carbocycles. The van der Waals surface area contributed by atoms with Gasteiger partial charge in [-0.15, -0.1) is 11.3 Å². The van der Waals surface area contributed by atoms with Crippen LogP contribution in [0.4, 0.5) is 0 Å². The number of aromatic nitrogens is 1. The first-order valence-corrected chi connectivity index (χ1v) is 8.68. The maximum Gasteiger partial charge on any atom is 0.236 e. The Morgan fingerprint density at radius 2 is 2.32 bits per heavy atom. The van der Waals surface area contributed by atoms with Gasteiger partial charge in [-0.25, -0.2) is 4.98 Å². The van der Waals surface area contributed by atoms with Crippen molar-refractivity contribution in [2.45, 2.75) is 37.8 Å². The lowest BCUT2D eigenvalue weighted by atomic mass is 10.1. The van der Waals surface area contributed by atoms with Crippen LogP contribution in [0.5, 0.6) is 0 Å². The van der Waals surface area contributed by atoms with Crippen molar-refractivity contribution in [3.63, 3.8) is 0 Å². The molecule has 2 bridgehead atoms. The molecule has 0 spiro atoms. The van der Waals surface area contributed by atoms with Crippen molar-refractivity contribution in [1.82, 2.24) is 15.2 Å². The summed E-state index contributed by atoms with van der Waals surface area (Å²) in [6.07, 6.45) is 5.42. The van der Waals surface area contributed by atoms with Gasteiger partial charge < -0.3 is 14.6 Å². The van der Waals surface area contributed by atoms with Gasteiger partial charge in [0.15, 0.2) is 0 Å². The van der Waals surface area contributed by atoms with Gasteiger partial charge >= 0.3 is 0 Å². The van der Waals surface area contributed by atoms with E-state index in [1.807, 2.05) is 22.4 Å². The zero-order chi connectivity index (χ0) is 14.9. The molecule has 2 fully saturated rings. The predicted octanol–water partition coefficient (Wildman–Crippen LogP) is 2.30. The number of oxazole rings is 1. The smallest absolute Gasteiger partial charge is 0.236 e. The summed E-state index contributed by atoms with van der Waals surface area (Å²) in [7, 11) is 0. The van der Waals surface area contributed by atoms with Crippen LogP contribution in [-0.4, -0.2) is 41.0 Å². The third-order valence-electron chi connectivity index (χ3n) is 4.49. The summed E-state index contributed by atoms with van der Waals surface area (Å²) in [5.41, 5.74) is 0.718. The van der Waals surface area contributed by atoms with Crippen molar-refractivity contribution in [1.29, 1.82) is 0 Å². The molecule has 4 heterocycles. The fourth-order valence-electron chi connectivity index (χ4n) is 3.34. The van der Waals surface area contributed by atoms with E-state index in [2.05, 4.69) is 10.3 Å². The van der Waals surface area contributed by atoms with Crippen LogP contribution in [0, 0.1) is 0 Å². The molecular formula is C16H19N3O2S. The van der Waals surface area contributed by atoms with Gasteiger partial charge in [0.2, 0.25) is 11.8 Å². The van der Waals surface area contributed by atoms with Crippen LogP contribution >= 0.6 is 11.3 Å². The highest BCUT2D eigenvalue weighted by molar-refractivity contribution is 7.13. The molecule has 2 aromatic rings. The highest BCUT2D eigenvalue weighted by Crippen LogP contribution is 2.24. The van der Waals surface area contributed by atoms with Gasteiger partial charge in [0, 0.05) is 25.2 Å². The molecule has 0 aromatic carbocycles. The second-order valence-electron chi connectivity index (χ2n) is 6.06. The number of likely N-dealkylation sites (tertiary alicyclic amines) is 1. The molecule has 2 aliphatic heterocycles. The van der Waals surface area contributed by atoms with Crippen LogP contribution in [0.2, 0.25) is 0 Å². The zero-order valence-electron chi connectivity index (χ0n) is 12.3. The number of hydrogen-bond acceptors (Lipinski definition) is 5. The number of nitrogens with one attached hydrogen (secondary N) is 1. The average Bonchev–Trinajstić information content (AvgIpc) is 3.19. The Morgan fingerprint density at radius 1 is 1.41 bits per heavy atom. The fraction of sp³-hybridized carbons (Fsp3) is 0.500.